The van der Waals surface area contributed by atoms with Gasteiger partial charge in [-0.05, 0) is 50.7 Å². The highest BCUT2D eigenvalue weighted by Crippen LogP contribution is 2.38. The van der Waals surface area contributed by atoms with Crippen molar-refractivity contribution < 1.29 is 9.50 Å². The minimum absolute atomic E-state index is 0.00997. The van der Waals surface area contributed by atoms with Crippen LogP contribution in [0.25, 0.3) is 0 Å². The fourth-order valence-electron chi connectivity index (χ4n) is 4.21. The van der Waals surface area contributed by atoms with Crippen LogP contribution in [0.3, 0.4) is 0 Å². The maximum atomic E-state index is 13.7. The van der Waals surface area contributed by atoms with Gasteiger partial charge in [0.25, 0.3) is 0 Å². The Labute approximate surface area is 170 Å². The molecule has 1 fully saturated rings. The van der Waals surface area contributed by atoms with Gasteiger partial charge in [0.05, 0.1) is 24.8 Å². The molecule has 1 saturated heterocycles. The zero-order valence-corrected chi connectivity index (χ0v) is 16.6. The molecule has 2 aliphatic heterocycles. The molecule has 4 rings (SSSR count). The molecule has 1 aromatic heterocycles. The summed E-state index contributed by atoms with van der Waals surface area (Å²) in [6.45, 7) is 2.43. The maximum Gasteiger partial charge on any atom is 0.164 e. The van der Waals surface area contributed by atoms with Gasteiger partial charge in [-0.3, -0.25) is 0 Å². The van der Waals surface area contributed by atoms with Crippen LogP contribution in [0.4, 0.5) is 4.39 Å². The predicted octanol–water partition coefficient (Wildman–Crippen LogP) is 1.59. The van der Waals surface area contributed by atoms with Crippen LogP contribution < -0.4 is 10.6 Å². The van der Waals surface area contributed by atoms with Crippen molar-refractivity contribution in [3.05, 3.63) is 65.8 Å². The van der Waals surface area contributed by atoms with Crippen molar-refractivity contribution in [2.45, 2.75) is 24.4 Å². The average Bonchev–Trinajstić information content (AvgIpc) is 3.24. The van der Waals surface area contributed by atoms with E-state index in [2.05, 4.69) is 32.1 Å². The number of piperidine rings is 1. The molecule has 0 radical (unpaired) electrons. The molecular weight excluding hydrogens is 371 g/mol. The van der Waals surface area contributed by atoms with Crippen LogP contribution in [0.1, 0.15) is 30.3 Å². The Balaban J connectivity index is 1.82. The van der Waals surface area contributed by atoms with Gasteiger partial charge in [-0.2, -0.15) is 0 Å². The highest BCUT2D eigenvalue weighted by molar-refractivity contribution is 5.64. The second-order valence-corrected chi connectivity index (χ2v) is 7.57. The molecule has 0 spiro atoms. The molecule has 0 saturated carbocycles. The molecular formula is C21H27FN6O. The third-order valence-corrected chi connectivity index (χ3v) is 5.75. The number of likely N-dealkylation sites (tertiary alicyclic amines) is 1. The normalized spacial score (nSPS) is 22.9. The maximum absolute atomic E-state index is 13.7. The lowest BCUT2D eigenvalue weighted by Crippen LogP contribution is -2.52. The Hall–Kier alpha value is -2.71. The number of aliphatic hydroxyl groups excluding tert-OH is 1. The van der Waals surface area contributed by atoms with E-state index in [1.165, 1.54) is 12.1 Å². The van der Waals surface area contributed by atoms with Crippen LogP contribution in [0, 0.1) is 5.82 Å². The quantitative estimate of drug-likeness (QED) is 0.689. The van der Waals surface area contributed by atoms with Crippen molar-refractivity contribution in [1.82, 2.24) is 25.1 Å². The summed E-state index contributed by atoms with van der Waals surface area (Å²) < 4.78 is 15.9. The molecule has 0 amide bonds. The summed E-state index contributed by atoms with van der Waals surface area (Å²) in [5, 5.41) is 16.0. The summed E-state index contributed by atoms with van der Waals surface area (Å²) in [6, 6.07) is 6.78. The van der Waals surface area contributed by atoms with Crippen LogP contribution in [-0.2, 0) is 5.54 Å². The minimum atomic E-state index is -0.850. The number of rotatable bonds is 6. The SMILES string of the molecule is CN1CCC(n2ccnc2C2(c3ccc(F)cc3)NC=NC=C2NCCO)CC1. The molecule has 7 nitrogen and oxygen atoms in total. The molecule has 0 aliphatic carbocycles. The first-order valence-electron chi connectivity index (χ1n) is 9.98. The van der Waals surface area contributed by atoms with Crippen LogP contribution in [0.5, 0.6) is 0 Å². The molecule has 154 valence electrons. The topological polar surface area (TPSA) is 77.7 Å². The van der Waals surface area contributed by atoms with Crippen molar-refractivity contribution in [3.63, 3.8) is 0 Å². The molecule has 8 heteroatoms. The Kier molecular flexibility index (Phi) is 5.64. The first-order chi connectivity index (χ1) is 14.1. The van der Waals surface area contributed by atoms with E-state index < -0.39 is 5.54 Å². The predicted molar refractivity (Wildman–Crippen MR) is 110 cm³/mol. The van der Waals surface area contributed by atoms with E-state index in [0.717, 1.165) is 43.0 Å². The zero-order valence-electron chi connectivity index (χ0n) is 16.6. The van der Waals surface area contributed by atoms with E-state index >= 15 is 0 Å². The highest BCUT2D eigenvalue weighted by Gasteiger charge is 2.44. The number of benzene rings is 1. The highest BCUT2D eigenvalue weighted by atomic mass is 19.1. The summed E-state index contributed by atoms with van der Waals surface area (Å²) in [5.74, 6) is 0.530. The number of nitrogens with one attached hydrogen (secondary N) is 2. The Bertz CT molecular complexity index is 885. The Morgan fingerprint density at radius 3 is 2.76 bits per heavy atom. The summed E-state index contributed by atoms with van der Waals surface area (Å²) in [5.41, 5.74) is 0.764. The monoisotopic (exact) mass is 398 g/mol. The van der Waals surface area contributed by atoms with Gasteiger partial charge in [0.15, 0.2) is 5.54 Å². The molecule has 29 heavy (non-hydrogen) atoms. The number of imidazole rings is 1. The van der Waals surface area contributed by atoms with Crippen molar-refractivity contribution in [2.75, 3.05) is 33.3 Å². The van der Waals surface area contributed by atoms with Crippen molar-refractivity contribution >= 4 is 6.34 Å². The number of aliphatic hydroxyl groups is 1. The Morgan fingerprint density at radius 2 is 2.03 bits per heavy atom. The van der Waals surface area contributed by atoms with Crippen LogP contribution in [0.2, 0.25) is 0 Å². The summed E-state index contributed by atoms with van der Waals surface area (Å²) in [6.07, 6.45) is 9.29. The smallest absolute Gasteiger partial charge is 0.164 e. The third-order valence-electron chi connectivity index (χ3n) is 5.75. The number of hydrogen-bond donors (Lipinski definition) is 3. The van der Waals surface area contributed by atoms with Crippen LogP contribution in [0.15, 0.2) is 53.5 Å². The number of halogens is 1. The summed E-state index contributed by atoms with van der Waals surface area (Å²) in [7, 11) is 2.14. The number of aromatic nitrogens is 2. The van der Waals surface area contributed by atoms with E-state index in [9.17, 15) is 9.50 Å². The molecule has 2 aliphatic rings. The first kappa shape index (κ1) is 19.6. The molecule has 0 bridgehead atoms. The summed E-state index contributed by atoms with van der Waals surface area (Å²) in [4.78, 5) is 11.3. The van der Waals surface area contributed by atoms with Crippen molar-refractivity contribution in [2.24, 2.45) is 4.99 Å². The van der Waals surface area contributed by atoms with Crippen molar-refractivity contribution in [1.29, 1.82) is 0 Å². The fraction of sp³-hybridized carbons (Fsp3) is 0.429. The molecule has 1 aromatic carbocycles. The van der Waals surface area contributed by atoms with Crippen LogP contribution >= 0.6 is 0 Å². The average molecular weight is 398 g/mol. The lowest BCUT2D eigenvalue weighted by Gasteiger charge is -2.40. The van der Waals surface area contributed by atoms with E-state index in [1.807, 2.05) is 12.4 Å². The number of aliphatic imine (C=N–C) groups is 1. The lowest BCUT2D eigenvalue weighted by molar-refractivity contribution is 0.215. The molecule has 3 N–H and O–H groups in total. The van der Waals surface area contributed by atoms with Gasteiger partial charge in [-0.25, -0.2) is 14.4 Å². The lowest BCUT2D eigenvalue weighted by atomic mass is 9.84. The largest absolute Gasteiger partial charge is 0.395 e. The molecule has 3 heterocycles. The second-order valence-electron chi connectivity index (χ2n) is 7.57. The fourth-order valence-corrected chi connectivity index (χ4v) is 4.21. The standard InChI is InChI=1S/C21H27FN6O/c1-27-10-6-18(7-11-27)28-12-8-25-20(28)21(16-2-4-17(22)5-3-16)19(24-9-13-29)14-23-15-26-21/h2-5,8,12,14-15,18,24,29H,6-7,9-11,13H2,1H3,(H,23,26). The molecule has 2 aromatic rings. The molecule has 1 atom stereocenters. The third kappa shape index (κ3) is 3.65. The van der Waals surface area contributed by atoms with Crippen molar-refractivity contribution in [3.8, 4) is 0 Å². The van der Waals surface area contributed by atoms with E-state index in [4.69, 9.17) is 4.98 Å². The summed E-state index contributed by atoms with van der Waals surface area (Å²) >= 11 is 0. The van der Waals surface area contributed by atoms with Gasteiger partial charge < -0.3 is 25.2 Å². The van der Waals surface area contributed by atoms with E-state index in [0.29, 0.717) is 12.6 Å². The van der Waals surface area contributed by atoms with Gasteiger partial charge in [-0.15, -0.1) is 0 Å². The number of nitrogens with zero attached hydrogens (tertiary/aromatic N) is 4. The van der Waals surface area contributed by atoms with Gasteiger partial charge in [0.2, 0.25) is 0 Å². The Morgan fingerprint density at radius 1 is 1.28 bits per heavy atom. The van der Waals surface area contributed by atoms with Gasteiger partial charge >= 0.3 is 0 Å². The second kappa shape index (κ2) is 8.34. The molecule has 1 unspecified atom stereocenters. The van der Waals surface area contributed by atoms with Gasteiger partial charge in [0.1, 0.15) is 11.6 Å². The first-order valence-corrected chi connectivity index (χ1v) is 9.98. The van der Waals surface area contributed by atoms with Gasteiger partial charge in [-0.1, -0.05) is 12.1 Å². The van der Waals surface area contributed by atoms with Gasteiger partial charge in [0, 0.05) is 25.0 Å². The number of hydrogen-bond acceptors (Lipinski definition) is 6. The van der Waals surface area contributed by atoms with E-state index in [1.54, 1.807) is 24.7 Å². The zero-order chi connectivity index (χ0) is 20.3. The minimum Gasteiger partial charge on any atom is -0.395 e. The van der Waals surface area contributed by atoms with E-state index in [-0.39, 0.29) is 12.4 Å². The van der Waals surface area contributed by atoms with Crippen LogP contribution in [-0.4, -0.2) is 59.2 Å².